The summed E-state index contributed by atoms with van der Waals surface area (Å²) >= 11 is 11.6. The van der Waals surface area contributed by atoms with Crippen LogP contribution < -0.4 is 4.90 Å². The van der Waals surface area contributed by atoms with Crippen LogP contribution in [0.1, 0.15) is 31.2 Å². The molecule has 2 rings (SSSR count). The highest BCUT2D eigenvalue weighted by Gasteiger charge is 2.32. The fourth-order valence-electron chi connectivity index (χ4n) is 2.69. The van der Waals surface area contributed by atoms with Crippen LogP contribution in [0.25, 0.3) is 0 Å². The standard InChI is InChI=1S/C18H22Cl2N2O4/c19-10-12-21(13-11-20)15-6-4-14(5-7-15)2-1-3-18(25)26-22-16(23)8-9-17(22)24/h4-7H,1-3,8-13H2. The molecule has 1 aliphatic heterocycles. The van der Waals surface area contributed by atoms with E-state index in [1.165, 1.54) is 0 Å². The molecule has 0 aliphatic carbocycles. The summed E-state index contributed by atoms with van der Waals surface area (Å²) < 4.78 is 0. The Bertz CT molecular complexity index is 615. The molecule has 0 radical (unpaired) electrons. The van der Waals surface area contributed by atoms with E-state index in [1.54, 1.807) is 0 Å². The first-order chi connectivity index (χ1) is 12.5. The summed E-state index contributed by atoms with van der Waals surface area (Å²) in [6, 6.07) is 8.02. The maximum Gasteiger partial charge on any atom is 0.333 e. The molecule has 8 heteroatoms. The summed E-state index contributed by atoms with van der Waals surface area (Å²) in [4.78, 5) is 41.5. The van der Waals surface area contributed by atoms with Gasteiger partial charge in [-0.15, -0.1) is 28.3 Å². The van der Waals surface area contributed by atoms with Crippen molar-refractivity contribution < 1.29 is 19.2 Å². The van der Waals surface area contributed by atoms with Crippen molar-refractivity contribution in [3.8, 4) is 0 Å². The van der Waals surface area contributed by atoms with Gasteiger partial charge in [-0.05, 0) is 30.5 Å². The number of hydrogen-bond acceptors (Lipinski definition) is 5. The molecular weight excluding hydrogens is 379 g/mol. The van der Waals surface area contributed by atoms with Gasteiger partial charge in [0.1, 0.15) is 0 Å². The van der Waals surface area contributed by atoms with Gasteiger partial charge < -0.3 is 9.74 Å². The van der Waals surface area contributed by atoms with Gasteiger partial charge >= 0.3 is 5.97 Å². The average Bonchev–Trinajstić information content (AvgIpc) is 2.94. The Hall–Kier alpha value is -1.79. The molecule has 0 spiro atoms. The summed E-state index contributed by atoms with van der Waals surface area (Å²) in [7, 11) is 0. The lowest BCUT2D eigenvalue weighted by Gasteiger charge is -2.23. The summed E-state index contributed by atoms with van der Waals surface area (Å²) in [5, 5.41) is 0.583. The number of anilines is 1. The lowest BCUT2D eigenvalue weighted by molar-refractivity contribution is -0.197. The molecule has 0 aromatic heterocycles. The van der Waals surface area contributed by atoms with Crippen molar-refractivity contribution in [1.29, 1.82) is 0 Å². The van der Waals surface area contributed by atoms with Crippen molar-refractivity contribution in [2.75, 3.05) is 29.7 Å². The zero-order valence-corrected chi connectivity index (χ0v) is 16.0. The number of imide groups is 1. The number of hydrogen-bond donors (Lipinski definition) is 0. The topological polar surface area (TPSA) is 66.9 Å². The number of carbonyl (C=O) groups excluding carboxylic acids is 3. The van der Waals surface area contributed by atoms with Crippen molar-refractivity contribution >= 4 is 46.7 Å². The minimum atomic E-state index is -0.569. The molecule has 1 saturated heterocycles. The summed E-state index contributed by atoms with van der Waals surface area (Å²) in [6.07, 6.45) is 1.61. The summed E-state index contributed by atoms with van der Waals surface area (Å²) in [5.74, 6) is -0.429. The number of alkyl halides is 2. The van der Waals surface area contributed by atoms with Gasteiger partial charge in [-0.2, -0.15) is 0 Å². The lowest BCUT2D eigenvalue weighted by Crippen LogP contribution is -2.32. The molecule has 0 unspecified atom stereocenters. The van der Waals surface area contributed by atoms with Crippen molar-refractivity contribution in [3.05, 3.63) is 29.8 Å². The Labute approximate surface area is 162 Å². The molecule has 26 heavy (non-hydrogen) atoms. The van der Waals surface area contributed by atoms with E-state index in [0.29, 0.717) is 29.7 Å². The molecule has 1 heterocycles. The minimum absolute atomic E-state index is 0.100. The van der Waals surface area contributed by atoms with Gasteiger partial charge in [0.25, 0.3) is 11.8 Å². The second-order valence-corrected chi connectivity index (χ2v) is 6.69. The van der Waals surface area contributed by atoms with Gasteiger partial charge in [-0.3, -0.25) is 9.59 Å². The number of amides is 2. The fourth-order valence-corrected chi connectivity index (χ4v) is 3.10. The van der Waals surface area contributed by atoms with Gasteiger partial charge in [0.05, 0.1) is 0 Å². The van der Waals surface area contributed by atoms with Gasteiger partial charge in [0, 0.05) is 49.8 Å². The highest BCUT2D eigenvalue weighted by Crippen LogP contribution is 2.17. The van der Waals surface area contributed by atoms with Crippen LogP contribution in [0.4, 0.5) is 5.69 Å². The minimum Gasteiger partial charge on any atom is -0.369 e. The Morgan fingerprint density at radius 2 is 1.62 bits per heavy atom. The first kappa shape index (κ1) is 20.5. The molecule has 0 saturated carbocycles. The number of hydroxylamine groups is 2. The highest BCUT2D eigenvalue weighted by atomic mass is 35.5. The average molecular weight is 401 g/mol. The number of rotatable bonds is 10. The maximum absolute atomic E-state index is 11.8. The first-order valence-electron chi connectivity index (χ1n) is 8.57. The molecule has 1 aliphatic rings. The van der Waals surface area contributed by atoms with E-state index in [0.717, 1.165) is 24.3 Å². The molecule has 1 fully saturated rings. The molecule has 0 bridgehead atoms. The van der Waals surface area contributed by atoms with Crippen molar-refractivity contribution in [2.24, 2.45) is 0 Å². The Balaban J connectivity index is 1.78. The van der Waals surface area contributed by atoms with E-state index in [1.807, 2.05) is 24.3 Å². The van der Waals surface area contributed by atoms with E-state index >= 15 is 0 Å². The summed E-state index contributed by atoms with van der Waals surface area (Å²) in [6.45, 7) is 1.46. The number of halogens is 2. The smallest absolute Gasteiger partial charge is 0.333 e. The third-order valence-electron chi connectivity index (χ3n) is 4.06. The molecule has 142 valence electrons. The molecule has 6 nitrogen and oxygen atoms in total. The van der Waals surface area contributed by atoms with Crippen LogP contribution in [0.2, 0.25) is 0 Å². The molecule has 0 N–H and O–H groups in total. The molecule has 1 aromatic rings. The van der Waals surface area contributed by atoms with Crippen LogP contribution in [0.5, 0.6) is 0 Å². The molecular formula is C18H22Cl2N2O4. The van der Waals surface area contributed by atoms with E-state index in [9.17, 15) is 14.4 Å². The third-order valence-corrected chi connectivity index (χ3v) is 4.39. The zero-order valence-electron chi connectivity index (χ0n) is 14.5. The second-order valence-electron chi connectivity index (χ2n) is 5.93. The Morgan fingerprint density at radius 1 is 1.04 bits per heavy atom. The Kier molecular flexibility index (Phi) is 8.19. The van der Waals surface area contributed by atoms with Crippen LogP contribution in [0.15, 0.2) is 24.3 Å². The third kappa shape index (κ3) is 5.88. The maximum atomic E-state index is 11.8. The van der Waals surface area contributed by atoms with Crippen molar-refractivity contribution in [2.45, 2.75) is 32.1 Å². The van der Waals surface area contributed by atoms with E-state index in [2.05, 4.69) is 4.90 Å². The van der Waals surface area contributed by atoms with Crippen LogP contribution in [-0.2, 0) is 25.6 Å². The van der Waals surface area contributed by atoms with Gasteiger partial charge in [0.15, 0.2) is 0 Å². The van der Waals surface area contributed by atoms with Gasteiger partial charge in [0.2, 0.25) is 0 Å². The number of aryl methyl sites for hydroxylation is 1. The van der Waals surface area contributed by atoms with E-state index < -0.39 is 17.8 Å². The Morgan fingerprint density at radius 3 is 2.15 bits per heavy atom. The molecule has 2 amide bonds. The normalized spacial score (nSPS) is 14.0. The van der Waals surface area contributed by atoms with Gasteiger partial charge in [-0.1, -0.05) is 12.1 Å². The highest BCUT2D eigenvalue weighted by molar-refractivity contribution is 6.18. The SMILES string of the molecule is O=C(CCCc1ccc(N(CCCl)CCCl)cc1)ON1C(=O)CCC1=O. The largest absolute Gasteiger partial charge is 0.369 e. The quantitative estimate of drug-likeness (QED) is 0.446. The van der Waals surface area contributed by atoms with Crippen molar-refractivity contribution in [1.82, 2.24) is 5.06 Å². The van der Waals surface area contributed by atoms with E-state index in [-0.39, 0.29) is 19.3 Å². The monoisotopic (exact) mass is 400 g/mol. The number of nitrogens with zero attached hydrogens (tertiary/aromatic N) is 2. The molecule has 0 atom stereocenters. The molecule has 1 aromatic carbocycles. The second kappa shape index (κ2) is 10.4. The van der Waals surface area contributed by atoms with E-state index in [4.69, 9.17) is 28.0 Å². The number of benzene rings is 1. The first-order valence-corrected chi connectivity index (χ1v) is 9.64. The predicted molar refractivity (Wildman–Crippen MR) is 100 cm³/mol. The van der Waals surface area contributed by atoms with Crippen LogP contribution in [-0.4, -0.2) is 47.7 Å². The predicted octanol–water partition coefficient (Wildman–Crippen LogP) is 2.90. The fraction of sp³-hybridized carbons (Fsp3) is 0.500. The zero-order chi connectivity index (χ0) is 18.9. The van der Waals surface area contributed by atoms with Gasteiger partial charge in [-0.25, -0.2) is 4.79 Å². The lowest BCUT2D eigenvalue weighted by atomic mass is 10.1. The van der Waals surface area contributed by atoms with Crippen molar-refractivity contribution in [3.63, 3.8) is 0 Å². The van der Waals surface area contributed by atoms with Crippen LogP contribution >= 0.6 is 23.2 Å². The summed E-state index contributed by atoms with van der Waals surface area (Å²) in [5.41, 5.74) is 2.15. The van der Waals surface area contributed by atoms with Crippen LogP contribution in [0.3, 0.4) is 0 Å². The van der Waals surface area contributed by atoms with Crippen LogP contribution in [0, 0.1) is 0 Å². The number of carbonyl (C=O) groups is 3.